The first kappa shape index (κ1) is 19.7. The summed E-state index contributed by atoms with van der Waals surface area (Å²) in [7, 11) is -3.35. The Labute approximate surface area is 149 Å². The van der Waals surface area contributed by atoms with Crippen LogP contribution < -0.4 is 10.9 Å². The number of nitrogens with zero attached hydrogens (tertiary/aromatic N) is 2. The monoisotopic (exact) mass is 369 g/mol. The molecule has 1 aromatic rings. The fraction of sp³-hybridized carbons (Fsp3) is 0.647. The fourth-order valence-corrected chi connectivity index (χ4v) is 4.84. The number of aryl methyl sites for hydroxylation is 1. The van der Waals surface area contributed by atoms with Gasteiger partial charge in [0, 0.05) is 31.9 Å². The first-order valence-electron chi connectivity index (χ1n) is 8.88. The number of unbranched alkanes of at least 4 members (excludes halogenated alkanes) is 1. The smallest absolute Gasteiger partial charge is 0.250 e. The Bertz CT molecular complexity index is 729. The average molecular weight is 369 g/mol. The van der Waals surface area contributed by atoms with Gasteiger partial charge < -0.3 is 9.88 Å². The van der Waals surface area contributed by atoms with E-state index in [4.69, 9.17) is 0 Å². The molecule has 1 atom stereocenters. The molecule has 0 saturated carbocycles. The summed E-state index contributed by atoms with van der Waals surface area (Å²) in [6, 6.07) is 4.47. The number of rotatable bonds is 9. The van der Waals surface area contributed by atoms with Gasteiger partial charge in [-0.2, -0.15) is 4.31 Å². The zero-order chi connectivity index (χ0) is 18.3. The van der Waals surface area contributed by atoms with E-state index in [1.54, 1.807) is 16.8 Å². The lowest BCUT2D eigenvalue weighted by Crippen LogP contribution is -2.46. The Morgan fingerprint density at radius 1 is 1.32 bits per heavy atom. The minimum Gasteiger partial charge on any atom is -0.355 e. The minimum atomic E-state index is -3.35. The third kappa shape index (κ3) is 5.40. The molecule has 2 heterocycles. The quantitative estimate of drug-likeness (QED) is 0.657. The molecule has 0 aromatic carbocycles. The van der Waals surface area contributed by atoms with Crippen LogP contribution in [0.1, 0.15) is 39.0 Å². The lowest BCUT2D eigenvalue weighted by Gasteiger charge is -2.23. The van der Waals surface area contributed by atoms with Gasteiger partial charge in [0.2, 0.25) is 21.5 Å². The molecule has 1 fully saturated rings. The highest BCUT2D eigenvalue weighted by atomic mass is 32.2. The molecule has 25 heavy (non-hydrogen) atoms. The minimum absolute atomic E-state index is 0.0331. The molecule has 0 aliphatic carbocycles. The molecular formula is C17H27N3O4S. The Morgan fingerprint density at radius 2 is 2.12 bits per heavy atom. The summed E-state index contributed by atoms with van der Waals surface area (Å²) in [6.07, 6.45) is 5.10. The summed E-state index contributed by atoms with van der Waals surface area (Å²) < 4.78 is 27.4. The second-order valence-electron chi connectivity index (χ2n) is 6.32. The zero-order valence-electron chi connectivity index (χ0n) is 14.7. The van der Waals surface area contributed by atoms with Gasteiger partial charge in [0.25, 0.3) is 0 Å². The summed E-state index contributed by atoms with van der Waals surface area (Å²) in [5, 5.41) is 2.84. The van der Waals surface area contributed by atoms with E-state index in [9.17, 15) is 18.0 Å². The molecule has 1 unspecified atom stereocenters. The molecule has 0 spiro atoms. The molecule has 1 saturated heterocycles. The number of hydrogen-bond acceptors (Lipinski definition) is 4. The summed E-state index contributed by atoms with van der Waals surface area (Å²) in [6.45, 7) is 3.34. The molecule has 0 radical (unpaired) electrons. The van der Waals surface area contributed by atoms with E-state index < -0.39 is 16.1 Å². The van der Waals surface area contributed by atoms with Gasteiger partial charge in [-0.3, -0.25) is 9.59 Å². The third-order valence-electron chi connectivity index (χ3n) is 4.35. The topological polar surface area (TPSA) is 88.5 Å². The van der Waals surface area contributed by atoms with Gasteiger partial charge in [-0.25, -0.2) is 8.42 Å². The maximum atomic E-state index is 12.3. The number of hydrogen-bond donors (Lipinski definition) is 1. The van der Waals surface area contributed by atoms with Crippen molar-refractivity contribution >= 4 is 15.9 Å². The molecule has 1 aliphatic heterocycles. The van der Waals surface area contributed by atoms with Gasteiger partial charge in [-0.05, 0) is 38.2 Å². The first-order chi connectivity index (χ1) is 12.0. The van der Waals surface area contributed by atoms with Crippen LogP contribution in [-0.2, 0) is 21.4 Å². The summed E-state index contributed by atoms with van der Waals surface area (Å²) in [5.41, 5.74) is -0.0331. The predicted octanol–water partition coefficient (Wildman–Crippen LogP) is 0.949. The van der Waals surface area contributed by atoms with Crippen molar-refractivity contribution in [2.24, 2.45) is 0 Å². The normalized spacial score (nSPS) is 18.4. The van der Waals surface area contributed by atoms with Crippen molar-refractivity contribution < 1.29 is 13.2 Å². The van der Waals surface area contributed by atoms with Gasteiger partial charge in [-0.1, -0.05) is 13.0 Å². The molecule has 1 aliphatic rings. The van der Waals surface area contributed by atoms with Crippen LogP contribution in [0.15, 0.2) is 29.2 Å². The summed E-state index contributed by atoms with van der Waals surface area (Å²) in [5.74, 6) is -0.128. The Hall–Kier alpha value is -1.67. The van der Waals surface area contributed by atoms with Crippen LogP contribution in [0.5, 0.6) is 0 Å². The molecule has 140 valence electrons. The van der Waals surface area contributed by atoms with E-state index in [-0.39, 0.29) is 17.2 Å². The van der Waals surface area contributed by atoms with E-state index in [0.29, 0.717) is 32.5 Å². The van der Waals surface area contributed by atoms with Crippen molar-refractivity contribution in [1.29, 1.82) is 0 Å². The average Bonchev–Trinajstić information content (AvgIpc) is 3.06. The van der Waals surface area contributed by atoms with Crippen molar-refractivity contribution in [3.8, 4) is 0 Å². The second kappa shape index (κ2) is 9.15. The van der Waals surface area contributed by atoms with Crippen LogP contribution in [0.25, 0.3) is 0 Å². The number of amides is 1. The van der Waals surface area contributed by atoms with Gasteiger partial charge >= 0.3 is 0 Å². The zero-order valence-corrected chi connectivity index (χ0v) is 15.5. The molecule has 7 nitrogen and oxygen atoms in total. The highest BCUT2D eigenvalue weighted by molar-refractivity contribution is 7.89. The maximum Gasteiger partial charge on any atom is 0.250 e. The molecular weight excluding hydrogens is 342 g/mol. The summed E-state index contributed by atoms with van der Waals surface area (Å²) in [4.78, 5) is 23.9. The van der Waals surface area contributed by atoms with Crippen LogP contribution in [0.3, 0.4) is 0 Å². The standard InChI is InChI=1S/C17H27N3O4S/c1-2-14-25(23,24)20-13-7-8-15(20)17(22)18-10-4-6-12-19-11-5-3-9-16(19)21/h3,5,9,11,15H,2,4,6-8,10,12-14H2,1H3,(H,18,22). The number of aromatic nitrogens is 1. The number of sulfonamides is 1. The molecule has 1 aromatic heterocycles. The van der Waals surface area contributed by atoms with Crippen molar-refractivity contribution in [2.75, 3.05) is 18.8 Å². The first-order valence-corrected chi connectivity index (χ1v) is 10.5. The molecule has 8 heteroatoms. The SMILES string of the molecule is CCCS(=O)(=O)N1CCCC1C(=O)NCCCCn1ccccc1=O. The molecule has 1 amide bonds. The summed E-state index contributed by atoms with van der Waals surface area (Å²) >= 11 is 0. The maximum absolute atomic E-state index is 12.3. The van der Waals surface area contributed by atoms with E-state index in [2.05, 4.69) is 5.32 Å². The molecule has 0 bridgehead atoms. The fourth-order valence-electron chi connectivity index (χ4n) is 3.09. The lowest BCUT2D eigenvalue weighted by atomic mass is 10.2. The second-order valence-corrected chi connectivity index (χ2v) is 8.36. The van der Waals surface area contributed by atoms with Crippen LogP contribution in [-0.4, -0.2) is 48.1 Å². The number of pyridine rings is 1. The van der Waals surface area contributed by atoms with Crippen molar-refractivity contribution in [2.45, 2.75) is 51.6 Å². The van der Waals surface area contributed by atoms with Crippen molar-refractivity contribution in [3.63, 3.8) is 0 Å². The van der Waals surface area contributed by atoms with Crippen molar-refractivity contribution in [3.05, 3.63) is 34.7 Å². The van der Waals surface area contributed by atoms with Crippen molar-refractivity contribution in [1.82, 2.24) is 14.2 Å². The van der Waals surface area contributed by atoms with E-state index in [1.807, 2.05) is 13.0 Å². The lowest BCUT2D eigenvalue weighted by molar-refractivity contribution is -0.124. The van der Waals surface area contributed by atoms with E-state index in [1.165, 1.54) is 10.4 Å². The Balaban J connectivity index is 1.76. The molecule has 2 rings (SSSR count). The Morgan fingerprint density at radius 3 is 2.84 bits per heavy atom. The largest absolute Gasteiger partial charge is 0.355 e. The predicted molar refractivity (Wildman–Crippen MR) is 96.8 cm³/mol. The number of carbonyl (C=O) groups excluding carboxylic acids is 1. The highest BCUT2D eigenvalue weighted by Crippen LogP contribution is 2.22. The van der Waals surface area contributed by atoms with Gasteiger partial charge in [0.1, 0.15) is 6.04 Å². The third-order valence-corrected chi connectivity index (χ3v) is 6.43. The highest BCUT2D eigenvalue weighted by Gasteiger charge is 2.37. The number of carbonyl (C=O) groups is 1. The van der Waals surface area contributed by atoms with Gasteiger partial charge in [0.15, 0.2) is 0 Å². The van der Waals surface area contributed by atoms with Crippen LogP contribution in [0, 0.1) is 0 Å². The van der Waals surface area contributed by atoms with Gasteiger partial charge in [0.05, 0.1) is 5.75 Å². The Kier molecular flexibility index (Phi) is 7.19. The molecule has 1 N–H and O–H groups in total. The van der Waals surface area contributed by atoms with Gasteiger partial charge in [-0.15, -0.1) is 0 Å². The number of nitrogens with one attached hydrogen (secondary N) is 1. The van der Waals surface area contributed by atoms with E-state index in [0.717, 1.165) is 19.3 Å². The van der Waals surface area contributed by atoms with Crippen LogP contribution >= 0.6 is 0 Å². The van der Waals surface area contributed by atoms with Crippen LogP contribution in [0.4, 0.5) is 0 Å². The van der Waals surface area contributed by atoms with E-state index >= 15 is 0 Å². The van der Waals surface area contributed by atoms with Crippen LogP contribution in [0.2, 0.25) is 0 Å².